The number of ether oxygens (including phenoxy) is 1. The number of hydrogen-bond donors (Lipinski definition) is 1. The first-order chi connectivity index (χ1) is 10.1. The third-order valence-electron chi connectivity index (χ3n) is 3.74. The van der Waals surface area contributed by atoms with E-state index in [4.69, 9.17) is 9.84 Å². The summed E-state index contributed by atoms with van der Waals surface area (Å²) >= 11 is 0. The second-order valence-electron chi connectivity index (χ2n) is 5.54. The molecule has 0 aromatic heterocycles. The second kappa shape index (κ2) is 7.22. The van der Waals surface area contributed by atoms with Crippen molar-refractivity contribution in [3.05, 3.63) is 35.4 Å². The van der Waals surface area contributed by atoms with Crippen LogP contribution in [0.1, 0.15) is 28.8 Å². The molecule has 5 heteroatoms. The zero-order valence-electron chi connectivity index (χ0n) is 12.2. The SMILES string of the molecule is CN(C[C@H]1CCCOC1)C(=O)Cc1cccc(C(=O)O)c1. The first-order valence-corrected chi connectivity index (χ1v) is 7.20. The highest BCUT2D eigenvalue weighted by molar-refractivity contribution is 5.88. The summed E-state index contributed by atoms with van der Waals surface area (Å²) in [6.45, 7) is 2.22. The molecule has 1 aliphatic rings. The minimum absolute atomic E-state index is 0.00288. The smallest absolute Gasteiger partial charge is 0.335 e. The van der Waals surface area contributed by atoms with Crippen molar-refractivity contribution in [2.24, 2.45) is 5.92 Å². The molecule has 0 radical (unpaired) electrons. The zero-order chi connectivity index (χ0) is 15.2. The van der Waals surface area contributed by atoms with E-state index in [2.05, 4.69) is 0 Å². The van der Waals surface area contributed by atoms with Crippen LogP contribution in [-0.2, 0) is 16.0 Å². The first kappa shape index (κ1) is 15.5. The Bertz CT molecular complexity index is 509. The van der Waals surface area contributed by atoms with Crippen LogP contribution in [0.4, 0.5) is 0 Å². The summed E-state index contributed by atoms with van der Waals surface area (Å²) in [7, 11) is 1.79. The Morgan fingerprint density at radius 1 is 1.43 bits per heavy atom. The fourth-order valence-electron chi connectivity index (χ4n) is 2.56. The number of carboxylic acids is 1. The number of hydrogen-bond acceptors (Lipinski definition) is 3. The Hall–Kier alpha value is -1.88. The van der Waals surface area contributed by atoms with E-state index < -0.39 is 5.97 Å². The van der Waals surface area contributed by atoms with Crippen LogP contribution >= 0.6 is 0 Å². The van der Waals surface area contributed by atoms with Gasteiger partial charge >= 0.3 is 5.97 Å². The molecule has 0 unspecified atom stereocenters. The van der Waals surface area contributed by atoms with Gasteiger partial charge in [-0.2, -0.15) is 0 Å². The molecule has 1 saturated heterocycles. The Balaban J connectivity index is 1.90. The lowest BCUT2D eigenvalue weighted by atomic mass is 10.0. The summed E-state index contributed by atoms with van der Waals surface area (Å²) in [5, 5.41) is 8.96. The highest BCUT2D eigenvalue weighted by Gasteiger charge is 2.19. The summed E-state index contributed by atoms with van der Waals surface area (Å²) in [5.41, 5.74) is 0.940. The van der Waals surface area contributed by atoms with Gasteiger partial charge in [0.05, 0.1) is 18.6 Å². The number of carbonyl (C=O) groups is 2. The van der Waals surface area contributed by atoms with E-state index in [0.717, 1.165) is 25.0 Å². The van der Waals surface area contributed by atoms with E-state index in [1.807, 2.05) is 0 Å². The van der Waals surface area contributed by atoms with Gasteiger partial charge in [0, 0.05) is 20.2 Å². The van der Waals surface area contributed by atoms with Crippen LogP contribution in [-0.4, -0.2) is 48.7 Å². The van der Waals surface area contributed by atoms with Gasteiger partial charge in [-0.25, -0.2) is 4.79 Å². The monoisotopic (exact) mass is 291 g/mol. The van der Waals surface area contributed by atoms with Crippen LogP contribution in [0.15, 0.2) is 24.3 Å². The number of rotatable bonds is 5. The number of carbonyl (C=O) groups excluding carboxylic acids is 1. The van der Waals surface area contributed by atoms with Crippen molar-refractivity contribution in [3.63, 3.8) is 0 Å². The maximum Gasteiger partial charge on any atom is 0.335 e. The van der Waals surface area contributed by atoms with Crippen molar-refractivity contribution in [1.82, 2.24) is 4.90 Å². The van der Waals surface area contributed by atoms with E-state index in [0.29, 0.717) is 19.1 Å². The molecule has 1 N–H and O–H groups in total. The zero-order valence-corrected chi connectivity index (χ0v) is 12.2. The molecule has 0 saturated carbocycles. The molecule has 1 fully saturated rings. The number of carboxylic acid groups (broad SMARTS) is 1. The number of aromatic carboxylic acids is 1. The molecule has 21 heavy (non-hydrogen) atoms. The van der Waals surface area contributed by atoms with Crippen LogP contribution < -0.4 is 0 Å². The van der Waals surface area contributed by atoms with Crippen molar-refractivity contribution in [3.8, 4) is 0 Å². The van der Waals surface area contributed by atoms with E-state index in [-0.39, 0.29) is 17.9 Å². The molecule has 1 atom stereocenters. The van der Waals surface area contributed by atoms with Crippen LogP contribution in [0.3, 0.4) is 0 Å². The minimum atomic E-state index is -0.975. The second-order valence-corrected chi connectivity index (χ2v) is 5.54. The lowest BCUT2D eigenvalue weighted by molar-refractivity contribution is -0.130. The molecule has 1 aromatic carbocycles. The molecule has 1 aromatic rings. The average Bonchev–Trinajstić information content (AvgIpc) is 2.48. The molecule has 1 amide bonds. The Labute approximate surface area is 124 Å². The summed E-state index contributed by atoms with van der Waals surface area (Å²) in [5.74, 6) is -0.571. The number of likely N-dealkylation sites (N-methyl/N-ethyl adjacent to an activating group) is 1. The predicted octanol–water partition coefficient (Wildman–Crippen LogP) is 1.81. The van der Waals surface area contributed by atoms with Gasteiger partial charge in [-0.1, -0.05) is 12.1 Å². The van der Waals surface area contributed by atoms with Crippen molar-refractivity contribution in [1.29, 1.82) is 0 Å². The van der Waals surface area contributed by atoms with E-state index >= 15 is 0 Å². The average molecular weight is 291 g/mol. The maximum atomic E-state index is 12.2. The molecule has 0 spiro atoms. The van der Waals surface area contributed by atoms with Gasteiger partial charge in [-0.3, -0.25) is 4.79 Å². The highest BCUT2D eigenvalue weighted by atomic mass is 16.5. The van der Waals surface area contributed by atoms with Crippen molar-refractivity contribution >= 4 is 11.9 Å². The normalized spacial score (nSPS) is 18.2. The van der Waals surface area contributed by atoms with E-state index in [1.165, 1.54) is 6.07 Å². The van der Waals surface area contributed by atoms with Gasteiger partial charge in [0.2, 0.25) is 5.91 Å². The minimum Gasteiger partial charge on any atom is -0.478 e. The van der Waals surface area contributed by atoms with Crippen molar-refractivity contribution < 1.29 is 19.4 Å². The fourth-order valence-corrected chi connectivity index (χ4v) is 2.56. The molecule has 0 bridgehead atoms. The van der Waals surface area contributed by atoms with Crippen LogP contribution in [0.25, 0.3) is 0 Å². The van der Waals surface area contributed by atoms with E-state index in [1.54, 1.807) is 30.1 Å². The summed E-state index contributed by atoms with van der Waals surface area (Å²) in [6, 6.07) is 6.53. The maximum absolute atomic E-state index is 12.2. The predicted molar refractivity (Wildman–Crippen MR) is 78.3 cm³/mol. The first-order valence-electron chi connectivity index (χ1n) is 7.20. The summed E-state index contributed by atoms with van der Waals surface area (Å²) in [4.78, 5) is 24.8. The van der Waals surface area contributed by atoms with Gasteiger partial charge < -0.3 is 14.7 Å². The lowest BCUT2D eigenvalue weighted by Crippen LogP contribution is -2.35. The number of amides is 1. The van der Waals surface area contributed by atoms with Gasteiger partial charge in [-0.15, -0.1) is 0 Å². The van der Waals surface area contributed by atoms with Gasteiger partial charge in [-0.05, 0) is 36.5 Å². The largest absolute Gasteiger partial charge is 0.478 e. The van der Waals surface area contributed by atoms with Crippen LogP contribution in [0.5, 0.6) is 0 Å². The fraction of sp³-hybridized carbons (Fsp3) is 0.500. The Kier molecular flexibility index (Phi) is 5.33. The molecule has 1 aliphatic heterocycles. The third-order valence-corrected chi connectivity index (χ3v) is 3.74. The molecule has 5 nitrogen and oxygen atoms in total. The van der Waals surface area contributed by atoms with Gasteiger partial charge in [0.15, 0.2) is 0 Å². The highest BCUT2D eigenvalue weighted by Crippen LogP contribution is 2.15. The topological polar surface area (TPSA) is 66.8 Å². The lowest BCUT2D eigenvalue weighted by Gasteiger charge is -2.27. The molecule has 114 valence electrons. The van der Waals surface area contributed by atoms with Crippen LogP contribution in [0.2, 0.25) is 0 Å². The molecule has 0 aliphatic carbocycles. The molecule has 2 rings (SSSR count). The number of benzene rings is 1. The van der Waals surface area contributed by atoms with Crippen LogP contribution in [0, 0.1) is 5.92 Å². The van der Waals surface area contributed by atoms with Gasteiger partial charge in [0.1, 0.15) is 0 Å². The Morgan fingerprint density at radius 2 is 2.24 bits per heavy atom. The Morgan fingerprint density at radius 3 is 2.90 bits per heavy atom. The quantitative estimate of drug-likeness (QED) is 0.898. The number of nitrogens with zero attached hydrogens (tertiary/aromatic N) is 1. The summed E-state index contributed by atoms with van der Waals surface area (Å²) < 4.78 is 5.42. The third kappa shape index (κ3) is 4.56. The van der Waals surface area contributed by atoms with Crippen molar-refractivity contribution in [2.45, 2.75) is 19.3 Å². The molecular formula is C16H21NO4. The van der Waals surface area contributed by atoms with Gasteiger partial charge in [0.25, 0.3) is 0 Å². The summed E-state index contributed by atoms with van der Waals surface area (Å²) in [6.07, 6.45) is 2.37. The standard InChI is InChI=1S/C16H21NO4/c1-17(10-13-5-3-7-21-11-13)15(18)9-12-4-2-6-14(8-12)16(19)20/h2,4,6,8,13H,3,5,7,9-11H2,1H3,(H,19,20)/t13-/m1/s1. The van der Waals surface area contributed by atoms with Crippen molar-refractivity contribution in [2.75, 3.05) is 26.8 Å². The molecule has 1 heterocycles. The molecular weight excluding hydrogens is 270 g/mol. The van der Waals surface area contributed by atoms with E-state index in [9.17, 15) is 9.59 Å².